The summed E-state index contributed by atoms with van der Waals surface area (Å²) in [7, 11) is 0. The van der Waals surface area contributed by atoms with E-state index in [9.17, 15) is 0 Å². The Hall–Kier alpha value is -6.07. The average Bonchev–Trinajstić information content (AvgIpc) is 3.83. The first kappa shape index (κ1) is 30.5. The molecule has 11 rings (SSSR count). The number of nitrogens with zero attached hydrogens (tertiary/aromatic N) is 2. The molecule has 0 saturated heterocycles. The van der Waals surface area contributed by atoms with Crippen LogP contribution in [0.3, 0.4) is 0 Å². The molecular weight excluding hydrogens is 681 g/mol. The van der Waals surface area contributed by atoms with Crippen LogP contribution in [-0.2, 0) is 5.41 Å². The highest BCUT2D eigenvalue weighted by atomic mass is 32.2. The van der Waals surface area contributed by atoms with E-state index < -0.39 is 5.41 Å². The number of aromatic nitrogens is 2. The van der Waals surface area contributed by atoms with E-state index in [-0.39, 0.29) is 0 Å². The molecule has 53 heavy (non-hydrogen) atoms. The molecule has 248 valence electrons. The van der Waals surface area contributed by atoms with Gasteiger partial charge in [0.15, 0.2) is 5.82 Å². The third-order valence-electron chi connectivity index (χ3n) is 10.9. The summed E-state index contributed by atoms with van der Waals surface area (Å²) in [5, 5.41) is 3.52. The lowest BCUT2D eigenvalue weighted by Crippen LogP contribution is -2.32. The zero-order valence-corrected chi connectivity index (χ0v) is 30.2. The van der Waals surface area contributed by atoms with Gasteiger partial charge in [0.1, 0.15) is 0 Å². The maximum atomic E-state index is 5.32. The highest BCUT2D eigenvalue weighted by molar-refractivity contribution is 7.99. The molecule has 4 heteroatoms. The minimum absolute atomic E-state index is 0.482. The van der Waals surface area contributed by atoms with Gasteiger partial charge in [0.25, 0.3) is 0 Å². The Morgan fingerprint density at radius 2 is 1.02 bits per heavy atom. The molecule has 3 heterocycles. The number of thiophene rings is 1. The predicted octanol–water partition coefficient (Wildman–Crippen LogP) is 13.2. The van der Waals surface area contributed by atoms with Crippen molar-refractivity contribution in [2.45, 2.75) is 15.2 Å². The number of hydrogen-bond acceptors (Lipinski definition) is 4. The first-order valence-corrected chi connectivity index (χ1v) is 19.6. The van der Waals surface area contributed by atoms with Gasteiger partial charge in [0.05, 0.1) is 16.8 Å². The molecule has 0 N–H and O–H groups in total. The van der Waals surface area contributed by atoms with E-state index >= 15 is 0 Å². The van der Waals surface area contributed by atoms with Crippen LogP contribution in [-0.4, -0.2) is 9.97 Å². The largest absolute Gasteiger partial charge is 0.228 e. The molecule has 1 aliphatic carbocycles. The second-order valence-electron chi connectivity index (χ2n) is 13.7. The SMILES string of the molecule is c1ccc(-c2ccc(-c3cc(-c4ccccc4)nc(-c4ccc5c(c4)C4(c6ccccc6S5)c5ccccc5-c5c4ccc4ccsc54)n3)cc2)cc1. The van der Waals surface area contributed by atoms with Crippen LogP contribution in [0.25, 0.3) is 66.2 Å². The molecule has 0 fully saturated rings. The van der Waals surface area contributed by atoms with E-state index in [1.165, 1.54) is 64.4 Å². The third kappa shape index (κ3) is 4.66. The van der Waals surface area contributed by atoms with Crippen molar-refractivity contribution in [3.05, 3.63) is 204 Å². The summed E-state index contributed by atoms with van der Waals surface area (Å²) in [6.07, 6.45) is 0. The molecule has 0 bridgehead atoms. The van der Waals surface area contributed by atoms with Crippen LogP contribution in [0.5, 0.6) is 0 Å². The molecule has 1 aliphatic heterocycles. The number of benzene rings is 7. The summed E-state index contributed by atoms with van der Waals surface area (Å²) >= 11 is 3.70. The summed E-state index contributed by atoms with van der Waals surface area (Å²) in [6, 6.07) is 63.7. The van der Waals surface area contributed by atoms with Crippen molar-refractivity contribution in [3.8, 4) is 56.2 Å². The van der Waals surface area contributed by atoms with Gasteiger partial charge in [0.2, 0.25) is 0 Å². The maximum absolute atomic E-state index is 5.32. The zero-order valence-electron chi connectivity index (χ0n) is 28.5. The van der Waals surface area contributed by atoms with Crippen molar-refractivity contribution in [3.63, 3.8) is 0 Å². The minimum Gasteiger partial charge on any atom is -0.228 e. The molecule has 0 saturated carbocycles. The summed E-state index contributed by atoms with van der Waals surface area (Å²) in [5.41, 5.74) is 14.8. The summed E-state index contributed by atoms with van der Waals surface area (Å²) in [6.45, 7) is 0. The molecule has 1 spiro atoms. The van der Waals surface area contributed by atoms with Gasteiger partial charge in [-0.1, -0.05) is 157 Å². The molecule has 9 aromatic rings. The first-order valence-electron chi connectivity index (χ1n) is 17.9. The van der Waals surface area contributed by atoms with Gasteiger partial charge < -0.3 is 0 Å². The lowest BCUT2D eigenvalue weighted by atomic mass is 9.67. The van der Waals surface area contributed by atoms with E-state index in [1.54, 1.807) is 0 Å². The molecule has 2 aromatic heterocycles. The van der Waals surface area contributed by atoms with Gasteiger partial charge in [-0.15, -0.1) is 11.3 Å². The normalized spacial score (nSPS) is 15.2. The van der Waals surface area contributed by atoms with Crippen molar-refractivity contribution < 1.29 is 0 Å². The van der Waals surface area contributed by atoms with Crippen LogP contribution in [0, 0.1) is 0 Å². The Bertz CT molecular complexity index is 2860. The van der Waals surface area contributed by atoms with E-state index in [0.29, 0.717) is 0 Å². The van der Waals surface area contributed by atoms with E-state index in [1.807, 2.05) is 23.1 Å². The van der Waals surface area contributed by atoms with Gasteiger partial charge in [-0.05, 0) is 80.0 Å². The molecule has 1 atom stereocenters. The topological polar surface area (TPSA) is 25.8 Å². The smallest absolute Gasteiger partial charge is 0.160 e. The lowest BCUT2D eigenvalue weighted by Gasteiger charge is -2.39. The minimum atomic E-state index is -0.482. The number of rotatable bonds is 4. The monoisotopic (exact) mass is 710 g/mol. The zero-order chi connectivity index (χ0) is 34.9. The second-order valence-corrected chi connectivity index (χ2v) is 15.7. The quantitative estimate of drug-likeness (QED) is 0.182. The standard InChI is InChI=1S/C49H30N2S2/c1-3-11-31(12-4-1)32-19-21-34(22-20-32)43-30-42(33-13-5-2-6-14-33)50-48(51-43)36-24-26-45-41(29-36)49(39-17-9-10-18-44(39)53-45)38-16-8-7-15-37(38)46-40(49)25-23-35-27-28-52-47(35)46/h1-30H. The number of fused-ring (bicyclic) bond motifs is 11. The fourth-order valence-electron chi connectivity index (χ4n) is 8.49. The highest BCUT2D eigenvalue weighted by Gasteiger charge is 2.50. The van der Waals surface area contributed by atoms with Gasteiger partial charge in [-0.25, -0.2) is 9.97 Å². The molecule has 7 aromatic carbocycles. The molecular formula is C49H30N2S2. The second kappa shape index (κ2) is 12.0. The Morgan fingerprint density at radius 3 is 1.81 bits per heavy atom. The van der Waals surface area contributed by atoms with Crippen LogP contribution >= 0.6 is 23.1 Å². The van der Waals surface area contributed by atoms with Crippen molar-refractivity contribution in [1.82, 2.24) is 9.97 Å². The Morgan fingerprint density at radius 1 is 0.415 bits per heavy atom. The van der Waals surface area contributed by atoms with Crippen LogP contribution in [0.4, 0.5) is 0 Å². The van der Waals surface area contributed by atoms with Gasteiger partial charge >= 0.3 is 0 Å². The Balaban J connectivity index is 1.14. The lowest BCUT2D eigenvalue weighted by molar-refractivity contribution is 0.723. The number of hydrogen-bond donors (Lipinski definition) is 0. The average molecular weight is 711 g/mol. The maximum Gasteiger partial charge on any atom is 0.160 e. The fraction of sp³-hybridized carbons (Fsp3) is 0.0204. The summed E-state index contributed by atoms with van der Waals surface area (Å²) < 4.78 is 1.35. The summed E-state index contributed by atoms with van der Waals surface area (Å²) in [5.74, 6) is 0.718. The third-order valence-corrected chi connectivity index (χ3v) is 13.0. The van der Waals surface area contributed by atoms with Crippen LogP contribution < -0.4 is 0 Å². The van der Waals surface area contributed by atoms with Crippen molar-refractivity contribution in [2.24, 2.45) is 0 Å². The van der Waals surface area contributed by atoms with Gasteiger partial charge in [0, 0.05) is 36.7 Å². The Kier molecular flexibility index (Phi) is 6.91. The van der Waals surface area contributed by atoms with E-state index in [2.05, 4.69) is 181 Å². The Labute approximate surface area is 316 Å². The molecule has 0 radical (unpaired) electrons. The van der Waals surface area contributed by atoms with Crippen molar-refractivity contribution in [2.75, 3.05) is 0 Å². The molecule has 2 nitrogen and oxygen atoms in total. The van der Waals surface area contributed by atoms with Gasteiger partial charge in [-0.2, -0.15) is 0 Å². The molecule has 0 amide bonds. The van der Waals surface area contributed by atoms with E-state index in [4.69, 9.17) is 9.97 Å². The molecule has 2 aliphatic rings. The summed E-state index contributed by atoms with van der Waals surface area (Å²) in [4.78, 5) is 13.2. The van der Waals surface area contributed by atoms with E-state index in [0.717, 1.165) is 33.9 Å². The van der Waals surface area contributed by atoms with Gasteiger partial charge in [-0.3, -0.25) is 0 Å². The van der Waals surface area contributed by atoms with Crippen molar-refractivity contribution in [1.29, 1.82) is 0 Å². The highest BCUT2D eigenvalue weighted by Crippen LogP contribution is 2.63. The molecule has 1 unspecified atom stereocenters. The van der Waals surface area contributed by atoms with Crippen LogP contribution in [0.15, 0.2) is 191 Å². The predicted molar refractivity (Wildman–Crippen MR) is 221 cm³/mol. The van der Waals surface area contributed by atoms with Crippen LogP contribution in [0.1, 0.15) is 22.3 Å². The van der Waals surface area contributed by atoms with Crippen molar-refractivity contribution >= 4 is 33.2 Å². The van der Waals surface area contributed by atoms with Crippen LogP contribution in [0.2, 0.25) is 0 Å². The fourth-order valence-corrected chi connectivity index (χ4v) is 10.6. The first-order chi connectivity index (χ1) is 26.3.